The van der Waals surface area contributed by atoms with E-state index in [4.69, 9.17) is 15.7 Å². The predicted molar refractivity (Wildman–Crippen MR) is 107 cm³/mol. The van der Waals surface area contributed by atoms with Crippen LogP contribution in [0.3, 0.4) is 0 Å². The molecule has 0 atom stereocenters. The molecule has 1 aromatic heterocycles. The van der Waals surface area contributed by atoms with E-state index in [9.17, 15) is 10.4 Å². The van der Waals surface area contributed by atoms with E-state index in [0.29, 0.717) is 36.5 Å². The summed E-state index contributed by atoms with van der Waals surface area (Å²) in [4.78, 5) is 4.33. The largest absolute Gasteiger partial charge is 0.390 e. The lowest BCUT2D eigenvalue weighted by Gasteiger charge is -2.12. The van der Waals surface area contributed by atoms with Crippen molar-refractivity contribution in [3.8, 4) is 17.2 Å². The van der Waals surface area contributed by atoms with Crippen LogP contribution in [-0.4, -0.2) is 14.7 Å². The average Bonchev–Trinajstić information content (AvgIpc) is 3.01. The molecule has 0 fully saturated rings. The minimum Gasteiger partial charge on any atom is -0.390 e. The summed E-state index contributed by atoms with van der Waals surface area (Å²) in [6.07, 6.45) is 1.02. The van der Waals surface area contributed by atoms with Crippen molar-refractivity contribution in [1.82, 2.24) is 9.55 Å². The van der Waals surface area contributed by atoms with Crippen LogP contribution in [0, 0.1) is 11.3 Å². The molecule has 4 nitrogen and oxygen atoms in total. The summed E-state index contributed by atoms with van der Waals surface area (Å²) in [5, 5.41) is 19.3. The first kappa shape index (κ1) is 15.4. The van der Waals surface area contributed by atoms with Crippen molar-refractivity contribution < 1.29 is 9.22 Å². The van der Waals surface area contributed by atoms with Crippen LogP contribution >= 0.6 is 11.6 Å². The molecule has 1 N–H and O–H groups in total. The number of aryl methyl sites for hydroxylation is 1. The van der Waals surface area contributed by atoms with Gasteiger partial charge in [0.1, 0.15) is 5.82 Å². The molecule has 0 bridgehead atoms. The Hall–Kier alpha value is -2.61. The molecule has 5 heteroatoms. The maximum atomic E-state index is 9.73. The highest BCUT2D eigenvalue weighted by atomic mass is 35.5. The van der Waals surface area contributed by atoms with Gasteiger partial charge in [-0.2, -0.15) is 5.26 Å². The molecule has 2 aromatic carbocycles. The zero-order valence-electron chi connectivity index (χ0n) is 17.8. The smallest absolute Gasteiger partial charge is 0.152 e. The number of aliphatic hydroxyl groups is 1. The molecule has 0 saturated heterocycles. The van der Waals surface area contributed by atoms with Crippen molar-refractivity contribution in [1.29, 1.82) is 5.26 Å². The average molecular weight is 383 g/mol. The molecule has 0 amide bonds. The molecule has 3 aromatic rings. The van der Waals surface area contributed by atoms with Crippen LogP contribution in [0.4, 0.5) is 0 Å². The van der Waals surface area contributed by atoms with Gasteiger partial charge in [0.15, 0.2) is 5.15 Å². The van der Waals surface area contributed by atoms with Gasteiger partial charge in [-0.1, -0.05) is 67.3 Å². The van der Waals surface area contributed by atoms with Crippen LogP contribution < -0.4 is 0 Å². The number of nitriles is 1. The van der Waals surface area contributed by atoms with Crippen LogP contribution in [0.1, 0.15) is 46.5 Å². The Kier molecular flexibility index (Phi) is 5.07. The number of nitrogens with zero attached hydrogens (tertiary/aromatic N) is 3. The van der Waals surface area contributed by atoms with E-state index in [2.05, 4.69) is 11.1 Å². The standard InChI is InChI=1S/C22H22ClN3O/c1-2-3-8-21-25-22(23)20(15-27)26(21)14-16-9-11-17(12-10-16)19-7-5-4-6-18(19)13-24/h4-7,9-12,27H,2-3,8,14-15H2,1H3/i1D3. The van der Waals surface area contributed by atoms with Crippen molar-refractivity contribution in [2.24, 2.45) is 0 Å². The van der Waals surface area contributed by atoms with E-state index in [1.807, 2.05) is 47.0 Å². The zero-order chi connectivity index (χ0) is 21.7. The number of imidazole rings is 1. The Morgan fingerprint density at radius 1 is 1.22 bits per heavy atom. The quantitative estimate of drug-likeness (QED) is 0.628. The molecule has 0 aliphatic rings. The molecular weight excluding hydrogens is 358 g/mol. The first-order valence-electron chi connectivity index (χ1n) is 10.3. The van der Waals surface area contributed by atoms with Gasteiger partial charge < -0.3 is 9.67 Å². The Balaban J connectivity index is 1.82. The number of benzene rings is 2. The first-order valence-corrected chi connectivity index (χ1v) is 9.13. The summed E-state index contributed by atoms with van der Waals surface area (Å²) in [7, 11) is 0. The lowest BCUT2D eigenvalue weighted by Crippen LogP contribution is -2.09. The van der Waals surface area contributed by atoms with E-state index in [1.54, 1.807) is 6.07 Å². The van der Waals surface area contributed by atoms with Crippen LogP contribution in [-0.2, 0) is 19.6 Å². The highest BCUT2D eigenvalue weighted by Gasteiger charge is 2.15. The van der Waals surface area contributed by atoms with Gasteiger partial charge in [-0.15, -0.1) is 0 Å². The number of aromatic nitrogens is 2. The number of rotatable bonds is 7. The molecule has 27 heavy (non-hydrogen) atoms. The lowest BCUT2D eigenvalue weighted by atomic mass is 9.99. The van der Waals surface area contributed by atoms with Gasteiger partial charge in [-0.3, -0.25) is 0 Å². The summed E-state index contributed by atoms with van der Waals surface area (Å²) in [6.45, 7) is -1.77. The molecule has 0 aliphatic carbocycles. The maximum Gasteiger partial charge on any atom is 0.152 e. The molecule has 0 unspecified atom stereocenters. The molecule has 138 valence electrons. The SMILES string of the molecule is [2H]C([2H])([2H])CCCc1nc(Cl)c(CO)n1Cc1ccc(-c2ccccc2C#N)cc1. The third-order valence-corrected chi connectivity index (χ3v) is 4.79. The van der Waals surface area contributed by atoms with Crippen molar-refractivity contribution >= 4 is 11.6 Å². The fourth-order valence-electron chi connectivity index (χ4n) is 3.08. The van der Waals surface area contributed by atoms with Crippen LogP contribution in [0.15, 0.2) is 48.5 Å². The third kappa shape index (κ3) is 4.21. The molecular formula is C22H22ClN3O. The van der Waals surface area contributed by atoms with E-state index in [-0.39, 0.29) is 18.2 Å². The number of halogens is 1. The van der Waals surface area contributed by atoms with Gasteiger partial charge in [0.2, 0.25) is 0 Å². The number of hydrogen-bond acceptors (Lipinski definition) is 3. The van der Waals surface area contributed by atoms with Crippen LogP contribution in [0.2, 0.25) is 5.15 Å². The summed E-state index contributed by atoms with van der Waals surface area (Å²) in [5.74, 6) is 0.659. The molecule has 3 rings (SSSR count). The highest BCUT2D eigenvalue weighted by molar-refractivity contribution is 6.30. The fraction of sp³-hybridized carbons (Fsp3) is 0.273. The molecule has 0 saturated carbocycles. The van der Waals surface area contributed by atoms with Gasteiger partial charge >= 0.3 is 0 Å². The van der Waals surface area contributed by atoms with Gasteiger partial charge in [0.25, 0.3) is 0 Å². The Morgan fingerprint density at radius 2 is 2.00 bits per heavy atom. The zero-order valence-corrected chi connectivity index (χ0v) is 15.6. The maximum absolute atomic E-state index is 9.73. The molecule has 0 spiro atoms. The second-order valence-electron chi connectivity index (χ2n) is 6.22. The summed E-state index contributed by atoms with van der Waals surface area (Å²) in [6, 6.07) is 17.5. The van der Waals surface area contributed by atoms with Gasteiger partial charge in [-0.05, 0) is 29.2 Å². The van der Waals surface area contributed by atoms with Crippen LogP contribution in [0.25, 0.3) is 11.1 Å². The monoisotopic (exact) mass is 382 g/mol. The Labute approximate surface area is 168 Å². The predicted octanol–water partition coefficient (Wildman–Crippen LogP) is 4.96. The molecule has 0 aliphatic heterocycles. The normalized spacial score (nSPS) is 12.9. The highest BCUT2D eigenvalue weighted by Crippen LogP contribution is 2.25. The summed E-state index contributed by atoms with van der Waals surface area (Å²) >= 11 is 6.19. The van der Waals surface area contributed by atoms with Gasteiger partial charge in [-0.25, -0.2) is 4.98 Å². The van der Waals surface area contributed by atoms with E-state index >= 15 is 0 Å². The molecule has 0 radical (unpaired) electrons. The third-order valence-electron chi connectivity index (χ3n) is 4.48. The van der Waals surface area contributed by atoms with E-state index < -0.39 is 6.85 Å². The first-order chi connectivity index (χ1) is 14.3. The van der Waals surface area contributed by atoms with Crippen molar-refractivity contribution in [3.05, 3.63) is 76.3 Å². The van der Waals surface area contributed by atoms with Gasteiger partial charge in [0.05, 0.1) is 23.9 Å². The Morgan fingerprint density at radius 3 is 2.70 bits per heavy atom. The van der Waals surface area contributed by atoms with Gasteiger partial charge in [0, 0.05) is 17.1 Å². The Bertz CT molecular complexity index is 1050. The second kappa shape index (κ2) is 8.85. The minimum absolute atomic E-state index is 0.0962. The number of aliphatic hydroxyl groups excluding tert-OH is 1. The second-order valence-corrected chi connectivity index (χ2v) is 6.58. The topological polar surface area (TPSA) is 61.8 Å². The minimum atomic E-state index is -1.98. The fourth-order valence-corrected chi connectivity index (χ4v) is 3.34. The summed E-state index contributed by atoms with van der Waals surface area (Å²) < 4.78 is 23.9. The number of hydrogen-bond donors (Lipinski definition) is 1. The van der Waals surface area contributed by atoms with E-state index in [0.717, 1.165) is 16.7 Å². The van der Waals surface area contributed by atoms with Crippen molar-refractivity contribution in [2.75, 3.05) is 0 Å². The molecule has 1 heterocycles. The van der Waals surface area contributed by atoms with Crippen LogP contribution in [0.5, 0.6) is 0 Å². The van der Waals surface area contributed by atoms with Crippen molar-refractivity contribution in [3.63, 3.8) is 0 Å². The van der Waals surface area contributed by atoms with Crippen molar-refractivity contribution in [2.45, 2.75) is 39.3 Å². The lowest BCUT2D eigenvalue weighted by molar-refractivity contribution is 0.271. The van der Waals surface area contributed by atoms with E-state index in [1.165, 1.54) is 0 Å². The summed E-state index contributed by atoms with van der Waals surface area (Å²) in [5.41, 5.74) is 3.93.